The van der Waals surface area contributed by atoms with Gasteiger partial charge in [0.1, 0.15) is 0 Å². The van der Waals surface area contributed by atoms with Crippen LogP contribution in [0.4, 0.5) is 10.5 Å². The van der Waals surface area contributed by atoms with Gasteiger partial charge in [0.15, 0.2) is 0 Å². The number of aliphatic carboxylic acids is 1. The molecule has 1 aliphatic heterocycles. The lowest BCUT2D eigenvalue weighted by molar-refractivity contribution is -0.143. The highest BCUT2D eigenvalue weighted by Gasteiger charge is 2.31. The van der Waals surface area contributed by atoms with Crippen molar-refractivity contribution in [1.82, 2.24) is 15.2 Å². The molecule has 1 fully saturated rings. The minimum Gasteiger partial charge on any atom is -0.481 e. The zero-order valence-electron chi connectivity index (χ0n) is 16.2. The number of pyridine rings is 1. The highest BCUT2D eigenvalue weighted by molar-refractivity contribution is 6.04. The summed E-state index contributed by atoms with van der Waals surface area (Å²) in [5.74, 6) is -1.50. The third kappa shape index (κ3) is 5.54. The number of likely N-dealkylation sites (tertiary alicyclic amines) is 1. The summed E-state index contributed by atoms with van der Waals surface area (Å²) in [5.41, 5.74) is 1.95. The van der Waals surface area contributed by atoms with Gasteiger partial charge in [-0.15, -0.1) is 0 Å². The van der Waals surface area contributed by atoms with Crippen LogP contribution in [0.3, 0.4) is 0 Å². The summed E-state index contributed by atoms with van der Waals surface area (Å²) in [5, 5.41) is 14.9. The average molecular weight is 396 g/mol. The number of piperidine rings is 1. The number of carboxylic acid groups (broad SMARTS) is 1. The van der Waals surface area contributed by atoms with Crippen LogP contribution >= 0.6 is 0 Å². The van der Waals surface area contributed by atoms with Gasteiger partial charge in [-0.1, -0.05) is 19.1 Å². The number of aromatic nitrogens is 1. The molecule has 1 aromatic carbocycles. The predicted octanol–water partition coefficient (Wildman–Crippen LogP) is 2.59. The Kier molecular flexibility index (Phi) is 6.43. The standard InChI is InChI=1S/C21H24N4O4/c1-14-9-17(20(27)28)13-25(12-14)21(29)23-11-15-3-2-4-18(10-15)24-19(26)16-5-7-22-8-6-16/h2-8,10,14,17H,9,11-13H2,1H3,(H,23,29)(H,24,26)(H,27,28). The minimum absolute atomic E-state index is 0.141. The number of urea groups is 1. The van der Waals surface area contributed by atoms with Crippen molar-refractivity contribution in [2.24, 2.45) is 11.8 Å². The highest BCUT2D eigenvalue weighted by Crippen LogP contribution is 2.22. The second-order valence-electron chi connectivity index (χ2n) is 7.33. The first-order valence-corrected chi connectivity index (χ1v) is 9.48. The number of carboxylic acids is 1. The molecule has 2 aromatic rings. The van der Waals surface area contributed by atoms with Gasteiger partial charge in [0.25, 0.3) is 5.91 Å². The Bertz CT molecular complexity index is 887. The Hall–Kier alpha value is -3.42. The van der Waals surface area contributed by atoms with Gasteiger partial charge in [0.05, 0.1) is 5.92 Å². The zero-order chi connectivity index (χ0) is 20.8. The van der Waals surface area contributed by atoms with E-state index in [4.69, 9.17) is 0 Å². The van der Waals surface area contributed by atoms with Gasteiger partial charge in [-0.2, -0.15) is 0 Å². The molecule has 29 heavy (non-hydrogen) atoms. The molecule has 1 saturated heterocycles. The lowest BCUT2D eigenvalue weighted by Gasteiger charge is -2.34. The number of benzene rings is 1. The number of carbonyl (C=O) groups is 3. The molecule has 2 unspecified atom stereocenters. The van der Waals surface area contributed by atoms with E-state index in [-0.39, 0.29) is 30.9 Å². The maximum Gasteiger partial charge on any atom is 0.317 e. The van der Waals surface area contributed by atoms with E-state index in [1.54, 1.807) is 47.6 Å². The van der Waals surface area contributed by atoms with Crippen LogP contribution in [0.5, 0.6) is 0 Å². The quantitative estimate of drug-likeness (QED) is 0.719. The van der Waals surface area contributed by atoms with E-state index in [0.29, 0.717) is 24.2 Å². The van der Waals surface area contributed by atoms with E-state index >= 15 is 0 Å². The molecule has 0 saturated carbocycles. The van der Waals surface area contributed by atoms with Crippen molar-refractivity contribution in [3.05, 3.63) is 59.9 Å². The molecule has 3 amide bonds. The monoisotopic (exact) mass is 396 g/mol. The van der Waals surface area contributed by atoms with Crippen molar-refractivity contribution < 1.29 is 19.5 Å². The fraction of sp³-hybridized carbons (Fsp3) is 0.333. The van der Waals surface area contributed by atoms with Gasteiger partial charge in [-0.3, -0.25) is 14.6 Å². The van der Waals surface area contributed by atoms with E-state index < -0.39 is 11.9 Å². The van der Waals surface area contributed by atoms with Crippen molar-refractivity contribution in [3.63, 3.8) is 0 Å². The Morgan fingerprint density at radius 1 is 1.17 bits per heavy atom. The zero-order valence-corrected chi connectivity index (χ0v) is 16.2. The minimum atomic E-state index is -0.869. The summed E-state index contributed by atoms with van der Waals surface area (Å²) in [6.07, 6.45) is 3.69. The molecule has 0 aliphatic carbocycles. The van der Waals surface area contributed by atoms with Gasteiger partial charge in [-0.25, -0.2) is 4.79 Å². The largest absolute Gasteiger partial charge is 0.481 e. The Morgan fingerprint density at radius 2 is 1.93 bits per heavy atom. The molecule has 3 rings (SSSR count). The van der Waals surface area contributed by atoms with Crippen LogP contribution in [0.15, 0.2) is 48.8 Å². The molecule has 8 nitrogen and oxygen atoms in total. The summed E-state index contributed by atoms with van der Waals surface area (Å²) in [6, 6.07) is 10.2. The number of carbonyl (C=O) groups excluding carboxylic acids is 2. The fourth-order valence-corrected chi connectivity index (χ4v) is 3.45. The molecule has 8 heteroatoms. The molecule has 3 N–H and O–H groups in total. The molecule has 0 radical (unpaired) electrons. The van der Waals surface area contributed by atoms with E-state index in [0.717, 1.165) is 5.56 Å². The van der Waals surface area contributed by atoms with Gasteiger partial charge < -0.3 is 20.6 Å². The van der Waals surface area contributed by atoms with Gasteiger partial charge in [-0.05, 0) is 42.2 Å². The van der Waals surface area contributed by atoms with Crippen molar-refractivity contribution in [1.29, 1.82) is 0 Å². The molecule has 0 bridgehead atoms. The maximum atomic E-state index is 12.5. The first-order chi connectivity index (χ1) is 13.9. The average Bonchev–Trinajstić information content (AvgIpc) is 2.72. The van der Waals surface area contributed by atoms with Crippen molar-refractivity contribution >= 4 is 23.6 Å². The van der Waals surface area contributed by atoms with Crippen molar-refractivity contribution in [2.45, 2.75) is 19.9 Å². The Labute approximate surface area is 168 Å². The van der Waals surface area contributed by atoms with E-state index in [1.165, 1.54) is 0 Å². The first-order valence-electron chi connectivity index (χ1n) is 9.48. The van der Waals surface area contributed by atoms with Crippen LogP contribution in [-0.4, -0.2) is 46.0 Å². The summed E-state index contributed by atoms with van der Waals surface area (Å²) in [6.45, 7) is 2.98. The van der Waals surface area contributed by atoms with Crippen LogP contribution in [0, 0.1) is 11.8 Å². The SMILES string of the molecule is CC1CC(C(=O)O)CN(C(=O)NCc2cccc(NC(=O)c3ccncc3)c2)C1. The van der Waals surface area contributed by atoms with Crippen molar-refractivity contribution in [3.8, 4) is 0 Å². The van der Waals surface area contributed by atoms with Crippen LogP contribution in [0.2, 0.25) is 0 Å². The van der Waals surface area contributed by atoms with E-state index in [2.05, 4.69) is 15.6 Å². The summed E-state index contributed by atoms with van der Waals surface area (Å²) in [7, 11) is 0. The lowest BCUT2D eigenvalue weighted by atomic mass is 9.91. The molecule has 1 aromatic heterocycles. The Balaban J connectivity index is 1.57. The maximum absolute atomic E-state index is 12.5. The number of nitrogens with zero attached hydrogens (tertiary/aromatic N) is 2. The molecular formula is C21H24N4O4. The van der Waals surface area contributed by atoms with Gasteiger partial charge in [0, 0.05) is 43.3 Å². The predicted molar refractivity (Wildman–Crippen MR) is 107 cm³/mol. The highest BCUT2D eigenvalue weighted by atomic mass is 16.4. The Morgan fingerprint density at radius 3 is 2.66 bits per heavy atom. The number of hydrogen-bond acceptors (Lipinski definition) is 4. The van der Waals surface area contributed by atoms with Crippen LogP contribution in [-0.2, 0) is 11.3 Å². The summed E-state index contributed by atoms with van der Waals surface area (Å²) >= 11 is 0. The smallest absolute Gasteiger partial charge is 0.317 e. The molecule has 2 atom stereocenters. The number of nitrogens with one attached hydrogen (secondary N) is 2. The third-order valence-electron chi connectivity index (χ3n) is 4.87. The number of amides is 3. The molecule has 2 heterocycles. The number of rotatable bonds is 5. The van der Waals surface area contributed by atoms with Gasteiger partial charge >= 0.3 is 12.0 Å². The summed E-state index contributed by atoms with van der Waals surface area (Å²) < 4.78 is 0. The second-order valence-corrected chi connectivity index (χ2v) is 7.33. The molecule has 1 aliphatic rings. The lowest BCUT2D eigenvalue weighted by Crippen LogP contribution is -2.49. The second kappa shape index (κ2) is 9.18. The molecule has 152 valence electrons. The fourth-order valence-electron chi connectivity index (χ4n) is 3.45. The van der Waals surface area contributed by atoms with Gasteiger partial charge in [0.2, 0.25) is 0 Å². The first kappa shape index (κ1) is 20.3. The van der Waals surface area contributed by atoms with Crippen LogP contribution in [0.1, 0.15) is 29.3 Å². The third-order valence-corrected chi connectivity index (χ3v) is 4.87. The molecule has 0 spiro atoms. The normalized spacial score (nSPS) is 18.7. The summed E-state index contributed by atoms with van der Waals surface area (Å²) in [4.78, 5) is 41.5. The van der Waals surface area contributed by atoms with E-state index in [1.807, 2.05) is 13.0 Å². The van der Waals surface area contributed by atoms with E-state index in [9.17, 15) is 19.5 Å². The molecular weight excluding hydrogens is 372 g/mol. The van der Waals surface area contributed by atoms with Crippen LogP contribution in [0.25, 0.3) is 0 Å². The van der Waals surface area contributed by atoms with Crippen LogP contribution < -0.4 is 10.6 Å². The topological polar surface area (TPSA) is 112 Å². The van der Waals surface area contributed by atoms with Crippen molar-refractivity contribution in [2.75, 3.05) is 18.4 Å². The number of hydrogen-bond donors (Lipinski definition) is 3. The number of anilines is 1.